The van der Waals surface area contributed by atoms with Gasteiger partial charge in [-0.15, -0.1) is 11.3 Å². The maximum Gasteiger partial charge on any atom is 0.268 e. The van der Waals surface area contributed by atoms with Crippen LogP contribution in [0.2, 0.25) is 0 Å². The maximum absolute atomic E-state index is 12.1. The highest BCUT2D eigenvalue weighted by Crippen LogP contribution is 2.29. The molecule has 3 aromatic heterocycles. The van der Waals surface area contributed by atoms with Crippen LogP contribution in [0.3, 0.4) is 0 Å². The number of thiophene rings is 1. The molecular formula is C16H17N3O2S. The Morgan fingerprint density at radius 1 is 1.36 bits per heavy atom. The van der Waals surface area contributed by atoms with E-state index < -0.39 is 0 Å². The molecule has 1 fully saturated rings. The Bertz CT molecular complexity index is 860. The molecule has 4 rings (SSSR count). The Morgan fingerprint density at radius 3 is 2.95 bits per heavy atom. The van der Waals surface area contributed by atoms with E-state index in [1.165, 1.54) is 24.2 Å². The standard InChI is InChI=1S/C16H17N3O2S/c1-10-2-5-12(21-10)8-19(11-3-4-11)9-14-17-13-6-7-22-15(13)16(20)18-14/h2,5-7,11H,3-4,8-9H2,1H3,(H,17,18,20). The molecule has 22 heavy (non-hydrogen) atoms. The molecule has 5 nitrogen and oxygen atoms in total. The summed E-state index contributed by atoms with van der Waals surface area (Å²) in [5.74, 6) is 2.62. The van der Waals surface area contributed by atoms with Crippen LogP contribution in [0.1, 0.15) is 30.2 Å². The molecule has 1 N–H and O–H groups in total. The summed E-state index contributed by atoms with van der Waals surface area (Å²) in [5.41, 5.74) is 0.743. The number of aromatic nitrogens is 2. The lowest BCUT2D eigenvalue weighted by Gasteiger charge is -2.20. The van der Waals surface area contributed by atoms with E-state index in [9.17, 15) is 4.79 Å². The van der Waals surface area contributed by atoms with E-state index in [4.69, 9.17) is 4.42 Å². The molecule has 0 unspecified atom stereocenters. The summed E-state index contributed by atoms with van der Waals surface area (Å²) in [7, 11) is 0. The van der Waals surface area contributed by atoms with Gasteiger partial charge in [0.2, 0.25) is 0 Å². The minimum Gasteiger partial charge on any atom is -0.465 e. The van der Waals surface area contributed by atoms with Gasteiger partial charge in [0.05, 0.1) is 18.6 Å². The molecule has 3 aromatic rings. The van der Waals surface area contributed by atoms with Crippen molar-refractivity contribution in [1.29, 1.82) is 0 Å². The molecule has 0 aromatic carbocycles. The topological polar surface area (TPSA) is 62.1 Å². The molecule has 0 saturated heterocycles. The van der Waals surface area contributed by atoms with Crippen LogP contribution in [-0.2, 0) is 13.1 Å². The van der Waals surface area contributed by atoms with Gasteiger partial charge >= 0.3 is 0 Å². The van der Waals surface area contributed by atoms with Crippen LogP contribution in [0.15, 0.2) is 32.8 Å². The fourth-order valence-corrected chi connectivity index (χ4v) is 3.44. The fraction of sp³-hybridized carbons (Fsp3) is 0.375. The highest BCUT2D eigenvalue weighted by Gasteiger charge is 2.30. The van der Waals surface area contributed by atoms with Gasteiger partial charge in [0.15, 0.2) is 0 Å². The Morgan fingerprint density at radius 2 is 2.23 bits per heavy atom. The summed E-state index contributed by atoms with van der Waals surface area (Å²) in [6, 6.07) is 6.46. The first-order chi connectivity index (χ1) is 10.7. The summed E-state index contributed by atoms with van der Waals surface area (Å²) in [6.45, 7) is 3.35. The molecule has 0 atom stereocenters. The van der Waals surface area contributed by atoms with Gasteiger partial charge in [-0.25, -0.2) is 4.98 Å². The average molecular weight is 315 g/mol. The van der Waals surface area contributed by atoms with Crippen LogP contribution in [0.4, 0.5) is 0 Å². The van der Waals surface area contributed by atoms with Crippen molar-refractivity contribution in [3.8, 4) is 0 Å². The zero-order chi connectivity index (χ0) is 15.1. The van der Waals surface area contributed by atoms with E-state index in [1.54, 1.807) is 0 Å². The molecule has 0 aliphatic heterocycles. The molecule has 114 valence electrons. The number of aryl methyl sites for hydroxylation is 1. The SMILES string of the molecule is Cc1ccc(CN(Cc2nc3ccsc3c(=O)[nH]2)C2CC2)o1. The molecule has 1 aliphatic carbocycles. The van der Waals surface area contributed by atoms with Gasteiger partial charge in [-0.2, -0.15) is 0 Å². The quantitative estimate of drug-likeness (QED) is 0.786. The zero-order valence-corrected chi connectivity index (χ0v) is 13.2. The van der Waals surface area contributed by atoms with Gasteiger partial charge in [0.1, 0.15) is 22.0 Å². The molecule has 0 spiro atoms. The molecule has 6 heteroatoms. The van der Waals surface area contributed by atoms with Crippen LogP contribution in [0.25, 0.3) is 10.2 Å². The largest absolute Gasteiger partial charge is 0.465 e. The van der Waals surface area contributed by atoms with E-state index in [2.05, 4.69) is 14.9 Å². The molecule has 0 amide bonds. The number of aromatic amines is 1. The highest BCUT2D eigenvalue weighted by molar-refractivity contribution is 7.17. The number of furan rings is 1. The highest BCUT2D eigenvalue weighted by atomic mass is 32.1. The van der Waals surface area contributed by atoms with Crippen molar-refractivity contribution in [2.45, 2.75) is 38.9 Å². The first kappa shape index (κ1) is 13.7. The molecule has 1 saturated carbocycles. The number of nitrogens with one attached hydrogen (secondary N) is 1. The Hall–Kier alpha value is -1.92. The summed E-state index contributed by atoms with van der Waals surface area (Å²) in [4.78, 5) is 21.9. The first-order valence-corrected chi connectivity index (χ1v) is 8.33. The Kier molecular flexibility index (Phi) is 3.35. The number of nitrogens with zero attached hydrogens (tertiary/aromatic N) is 2. The molecule has 3 heterocycles. The number of fused-ring (bicyclic) bond motifs is 1. The second-order valence-corrected chi connectivity index (χ2v) is 6.71. The smallest absolute Gasteiger partial charge is 0.268 e. The van der Waals surface area contributed by atoms with Crippen molar-refractivity contribution in [2.75, 3.05) is 0 Å². The third-order valence-corrected chi connectivity index (χ3v) is 4.84. The van der Waals surface area contributed by atoms with E-state index in [-0.39, 0.29) is 5.56 Å². The Labute approximate surface area is 131 Å². The van der Waals surface area contributed by atoms with E-state index >= 15 is 0 Å². The van der Waals surface area contributed by atoms with Crippen molar-refractivity contribution in [2.24, 2.45) is 0 Å². The molecule has 1 aliphatic rings. The van der Waals surface area contributed by atoms with Crippen LogP contribution < -0.4 is 5.56 Å². The zero-order valence-electron chi connectivity index (χ0n) is 12.3. The average Bonchev–Trinajstić information content (AvgIpc) is 3.08. The minimum absolute atomic E-state index is 0.0420. The van der Waals surface area contributed by atoms with Crippen molar-refractivity contribution in [3.63, 3.8) is 0 Å². The number of hydrogen-bond acceptors (Lipinski definition) is 5. The molecular weight excluding hydrogens is 298 g/mol. The summed E-state index contributed by atoms with van der Waals surface area (Å²) in [6.07, 6.45) is 2.40. The molecule has 0 radical (unpaired) electrons. The summed E-state index contributed by atoms with van der Waals surface area (Å²) >= 11 is 1.43. The normalized spacial score (nSPS) is 15.0. The predicted molar refractivity (Wildman–Crippen MR) is 86.0 cm³/mol. The Balaban J connectivity index is 1.58. The number of H-pyrrole nitrogens is 1. The maximum atomic E-state index is 12.1. The van der Waals surface area contributed by atoms with E-state index in [1.807, 2.05) is 30.5 Å². The first-order valence-electron chi connectivity index (χ1n) is 7.45. The lowest BCUT2D eigenvalue weighted by atomic mass is 10.3. The second kappa shape index (κ2) is 5.37. The van der Waals surface area contributed by atoms with Crippen molar-refractivity contribution >= 4 is 21.6 Å². The second-order valence-electron chi connectivity index (χ2n) is 5.80. The van der Waals surface area contributed by atoms with E-state index in [0.29, 0.717) is 17.3 Å². The van der Waals surface area contributed by atoms with Gasteiger partial charge < -0.3 is 9.40 Å². The monoisotopic (exact) mass is 315 g/mol. The van der Waals surface area contributed by atoms with Crippen molar-refractivity contribution in [3.05, 3.63) is 51.3 Å². The minimum atomic E-state index is -0.0420. The van der Waals surface area contributed by atoms with Gasteiger partial charge in [-0.1, -0.05) is 0 Å². The number of rotatable bonds is 5. The number of hydrogen-bond donors (Lipinski definition) is 1. The summed E-state index contributed by atoms with van der Waals surface area (Å²) < 4.78 is 6.38. The van der Waals surface area contributed by atoms with Crippen LogP contribution >= 0.6 is 11.3 Å². The van der Waals surface area contributed by atoms with Crippen LogP contribution in [-0.4, -0.2) is 20.9 Å². The third-order valence-electron chi connectivity index (χ3n) is 3.93. The lowest BCUT2D eigenvalue weighted by molar-refractivity contribution is 0.218. The van der Waals surface area contributed by atoms with Gasteiger partial charge in [-0.3, -0.25) is 9.69 Å². The summed E-state index contributed by atoms with van der Waals surface area (Å²) in [5, 5.41) is 1.90. The van der Waals surface area contributed by atoms with Gasteiger partial charge in [0.25, 0.3) is 5.56 Å². The van der Waals surface area contributed by atoms with Gasteiger partial charge in [-0.05, 0) is 43.3 Å². The molecule has 0 bridgehead atoms. The van der Waals surface area contributed by atoms with Crippen molar-refractivity contribution in [1.82, 2.24) is 14.9 Å². The predicted octanol–water partition coefficient (Wildman–Crippen LogP) is 3.05. The van der Waals surface area contributed by atoms with Crippen LogP contribution in [0.5, 0.6) is 0 Å². The fourth-order valence-electron chi connectivity index (χ4n) is 2.71. The van der Waals surface area contributed by atoms with Gasteiger partial charge in [0, 0.05) is 6.04 Å². The van der Waals surface area contributed by atoms with Crippen LogP contribution in [0, 0.1) is 6.92 Å². The lowest BCUT2D eigenvalue weighted by Crippen LogP contribution is -2.27. The van der Waals surface area contributed by atoms with E-state index in [0.717, 1.165) is 29.4 Å². The van der Waals surface area contributed by atoms with Crippen molar-refractivity contribution < 1.29 is 4.42 Å². The third kappa shape index (κ3) is 2.71.